The van der Waals surface area contributed by atoms with Gasteiger partial charge in [-0.2, -0.15) is 0 Å². The van der Waals surface area contributed by atoms with Crippen molar-refractivity contribution in [1.29, 1.82) is 0 Å². The fourth-order valence-electron chi connectivity index (χ4n) is 2.06. The molecule has 0 saturated carbocycles. The molecular weight excluding hydrogens is 320 g/mol. The molecule has 2 amide bonds. The molecule has 0 aromatic heterocycles. The van der Waals surface area contributed by atoms with E-state index in [0.717, 1.165) is 12.2 Å². The first-order valence-corrected chi connectivity index (χ1v) is 7.35. The second-order valence-electron chi connectivity index (χ2n) is 5.15. The highest BCUT2D eigenvalue weighted by molar-refractivity contribution is 5.81. The number of aliphatic hydroxyl groups excluding tert-OH is 2. The molecule has 134 valence electrons. The molecule has 1 heterocycles. The summed E-state index contributed by atoms with van der Waals surface area (Å²) in [6, 6.07) is -0.363. The topological polar surface area (TPSA) is 117 Å². The van der Waals surface area contributed by atoms with E-state index in [-0.39, 0.29) is 32.3 Å². The standard InChI is InChI=1S/C15H22N2O7/c1-3-13(20)23-9-11(18)7-16-5-6-17(15(16)22)8-12(19)10-24-14(21)4-2/h3-4,11-12,18-19H,1-2,5-10H2. The highest BCUT2D eigenvalue weighted by Gasteiger charge is 2.31. The molecule has 1 rings (SSSR count). The minimum Gasteiger partial charge on any atom is -0.460 e. The fourth-order valence-corrected chi connectivity index (χ4v) is 2.06. The lowest BCUT2D eigenvalue weighted by atomic mass is 10.3. The van der Waals surface area contributed by atoms with E-state index < -0.39 is 24.1 Å². The lowest BCUT2D eigenvalue weighted by Gasteiger charge is -2.22. The van der Waals surface area contributed by atoms with E-state index in [1.807, 2.05) is 0 Å². The van der Waals surface area contributed by atoms with Gasteiger partial charge in [0, 0.05) is 25.2 Å². The number of carbonyl (C=O) groups is 3. The minimum absolute atomic E-state index is 0.00129. The third-order valence-electron chi connectivity index (χ3n) is 3.21. The zero-order valence-corrected chi connectivity index (χ0v) is 13.3. The van der Waals surface area contributed by atoms with E-state index in [0.29, 0.717) is 13.1 Å². The second-order valence-corrected chi connectivity index (χ2v) is 5.15. The van der Waals surface area contributed by atoms with Crippen molar-refractivity contribution >= 4 is 18.0 Å². The van der Waals surface area contributed by atoms with Crippen molar-refractivity contribution in [3.8, 4) is 0 Å². The first-order valence-electron chi connectivity index (χ1n) is 7.35. The van der Waals surface area contributed by atoms with Crippen LogP contribution in [0.25, 0.3) is 0 Å². The summed E-state index contributed by atoms with van der Waals surface area (Å²) in [5, 5.41) is 19.5. The van der Waals surface area contributed by atoms with Crippen molar-refractivity contribution < 1.29 is 34.1 Å². The van der Waals surface area contributed by atoms with Crippen LogP contribution in [0.2, 0.25) is 0 Å². The minimum atomic E-state index is -1.02. The Morgan fingerprint density at radius 2 is 1.38 bits per heavy atom. The Morgan fingerprint density at radius 3 is 1.71 bits per heavy atom. The summed E-state index contributed by atoms with van der Waals surface area (Å²) in [5.74, 6) is -1.30. The lowest BCUT2D eigenvalue weighted by molar-refractivity contribution is -0.141. The number of ether oxygens (including phenoxy) is 2. The third-order valence-corrected chi connectivity index (χ3v) is 3.21. The van der Waals surface area contributed by atoms with E-state index in [2.05, 4.69) is 13.2 Å². The van der Waals surface area contributed by atoms with Crippen LogP contribution >= 0.6 is 0 Å². The Morgan fingerprint density at radius 1 is 1.00 bits per heavy atom. The first kappa shape index (κ1) is 19.7. The number of rotatable bonds is 10. The third kappa shape index (κ3) is 6.39. The Balaban J connectivity index is 2.36. The molecule has 24 heavy (non-hydrogen) atoms. The number of nitrogens with zero attached hydrogens (tertiary/aromatic N) is 2. The molecule has 0 bridgehead atoms. The number of hydrogen-bond acceptors (Lipinski definition) is 7. The van der Waals surface area contributed by atoms with Gasteiger partial charge in [0.1, 0.15) is 25.4 Å². The highest BCUT2D eigenvalue weighted by atomic mass is 16.5. The largest absolute Gasteiger partial charge is 0.460 e. The van der Waals surface area contributed by atoms with Crippen LogP contribution in [-0.2, 0) is 19.1 Å². The number of β-amino-alcohol motifs (C(OH)–C–C–N with tert-alkyl or cyclic N) is 2. The van der Waals surface area contributed by atoms with Crippen LogP contribution in [0.4, 0.5) is 4.79 Å². The number of esters is 2. The number of aliphatic hydroxyl groups is 2. The Bertz CT molecular complexity index is 452. The maximum Gasteiger partial charge on any atom is 0.330 e. The van der Waals surface area contributed by atoms with E-state index in [1.54, 1.807) is 0 Å². The molecule has 1 saturated heterocycles. The van der Waals surface area contributed by atoms with Crippen molar-refractivity contribution in [2.75, 3.05) is 39.4 Å². The molecule has 0 aromatic rings. The smallest absolute Gasteiger partial charge is 0.330 e. The Kier molecular flexibility index (Phi) is 7.93. The maximum atomic E-state index is 12.1. The zero-order chi connectivity index (χ0) is 18.1. The molecular formula is C15H22N2O7. The molecule has 0 radical (unpaired) electrons. The lowest BCUT2D eigenvalue weighted by Crippen LogP contribution is -2.41. The van der Waals surface area contributed by atoms with Crippen molar-refractivity contribution in [2.24, 2.45) is 0 Å². The summed E-state index contributed by atoms with van der Waals surface area (Å²) in [6.45, 7) is 6.72. The van der Waals surface area contributed by atoms with Crippen molar-refractivity contribution in [2.45, 2.75) is 12.2 Å². The predicted molar refractivity (Wildman–Crippen MR) is 82.9 cm³/mol. The van der Waals surface area contributed by atoms with Gasteiger partial charge >= 0.3 is 18.0 Å². The SMILES string of the molecule is C=CC(=O)OCC(O)CN1CCN(CC(O)COC(=O)C=C)C1=O. The van der Waals surface area contributed by atoms with Gasteiger partial charge in [0.15, 0.2) is 0 Å². The van der Waals surface area contributed by atoms with E-state index in [9.17, 15) is 24.6 Å². The van der Waals surface area contributed by atoms with Gasteiger partial charge in [-0.15, -0.1) is 0 Å². The summed E-state index contributed by atoms with van der Waals surface area (Å²) >= 11 is 0. The van der Waals surface area contributed by atoms with Gasteiger partial charge in [0.25, 0.3) is 0 Å². The van der Waals surface area contributed by atoms with Gasteiger partial charge in [0.2, 0.25) is 0 Å². The van der Waals surface area contributed by atoms with E-state index in [4.69, 9.17) is 9.47 Å². The Hall–Kier alpha value is -2.39. The van der Waals surface area contributed by atoms with Crippen LogP contribution in [0.15, 0.2) is 25.3 Å². The number of amides is 2. The summed E-state index contributed by atoms with van der Waals surface area (Å²) in [6.07, 6.45) is -0.0703. The van der Waals surface area contributed by atoms with Crippen LogP contribution in [-0.4, -0.2) is 89.6 Å². The molecule has 0 aliphatic carbocycles. The summed E-state index contributed by atoms with van der Waals surface area (Å²) in [7, 11) is 0. The summed E-state index contributed by atoms with van der Waals surface area (Å²) < 4.78 is 9.40. The zero-order valence-electron chi connectivity index (χ0n) is 13.3. The monoisotopic (exact) mass is 342 g/mol. The van der Waals surface area contributed by atoms with Gasteiger partial charge in [-0.3, -0.25) is 0 Å². The maximum absolute atomic E-state index is 12.1. The number of carbonyl (C=O) groups excluding carboxylic acids is 3. The molecule has 0 spiro atoms. The van der Waals surface area contributed by atoms with Crippen LogP contribution in [0.5, 0.6) is 0 Å². The number of hydrogen-bond donors (Lipinski definition) is 2. The molecule has 1 aliphatic rings. The molecule has 0 aromatic carbocycles. The van der Waals surface area contributed by atoms with Gasteiger partial charge in [-0.05, 0) is 0 Å². The molecule has 9 heteroatoms. The average Bonchev–Trinajstić information content (AvgIpc) is 2.90. The molecule has 9 nitrogen and oxygen atoms in total. The van der Waals surface area contributed by atoms with Gasteiger partial charge in [-0.25, -0.2) is 14.4 Å². The van der Waals surface area contributed by atoms with Gasteiger partial charge in [0.05, 0.1) is 13.1 Å². The molecule has 2 unspecified atom stereocenters. The van der Waals surface area contributed by atoms with Crippen LogP contribution < -0.4 is 0 Å². The van der Waals surface area contributed by atoms with E-state index in [1.165, 1.54) is 9.80 Å². The number of urea groups is 1. The van der Waals surface area contributed by atoms with Gasteiger partial charge in [-0.1, -0.05) is 13.2 Å². The Labute approximate surface area is 139 Å². The van der Waals surface area contributed by atoms with Crippen molar-refractivity contribution in [3.05, 3.63) is 25.3 Å². The van der Waals surface area contributed by atoms with Gasteiger partial charge < -0.3 is 29.5 Å². The summed E-state index contributed by atoms with van der Waals surface area (Å²) in [4.78, 5) is 36.7. The molecule has 2 atom stereocenters. The van der Waals surface area contributed by atoms with Crippen LogP contribution in [0.3, 0.4) is 0 Å². The predicted octanol–water partition coefficient (Wildman–Crippen LogP) is -1.10. The van der Waals surface area contributed by atoms with Crippen LogP contribution in [0, 0.1) is 0 Å². The van der Waals surface area contributed by atoms with E-state index >= 15 is 0 Å². The highest BCUT2D eigenvalue weighted by Crippen LogP contribution is 2.10. The van der Waals surface area contributed by atoms with Crippen molar-refractivity contribution in [3.63, 3.8) is 0 Å². The average molecular weight is 342 g/mol. The van der Waals surface area contributed by atoms with Crippen LogP contribution in [0.1, 0.15) is 0 Å². The summed E-state index contributed by atoms with van der Waals surface area (Å²) in [5.41, 5.74) is 0. The molecule has 1 fully saturated rings. The van der Waals surface area contributed by atoms with Crippen molar-refractivity contribution in [1.82, 2.24) is 9.80 Å². The second kappa shape index (κ2) is 9.68. The molecule has 1 aliphatic heterocycles. The first-order chi connectivity index (χ1) is 11.4. The fraction of sp³-hybridized carbons (Fsp3) is 0.533. The quantitative estimate of drug-likeness (QED) is 0.382. The molecule has 2 N–H and O–H groups in total. The normalized spacial score (nSPS) is 16.5.